The van der Waals surface area contributed by atoms with E-state index in [2.05, 4.69) is 32.2 Å². The third-order valence-electron chi connectivity index (χ3n) is 3.71. The summed E-state index contributed by atoms with van der Waals surface area (Å²) >= 11 is 0. The largest absolute Gasteiger partial charge is 0.489 e. The lowest BCUT2D eigenvalue weighted by Crippen LogP contribution is -2.34. The predicted octanol–water partition coefficient (Wildman–Crippen LogP) is 2.84. The zero-order chi connectivity index (χ0) is 13.7. The quantitative estimate of drug-likeness (QED) is 0.856. The Morgan fingerprint density at radius 2 is 2.26 bits per heavy atom. The van der Waals surface area contributed by atoms with Crippen LogP contribution in [0.4, 0.5) is 0 Å². The average molecular weight is 263 g/mol. The highest BCUT2D eigenvalue weighted by Gasteiger charge is 2.15. The van der Waals surface area contributed by atoms with Crippen molar-refractivity contribution in [1.82, 2.24) is 5.32 Å². The summed E-state index contributed by atoms with van der Waals surface area (Å²) < 4.78 is 11.6. The number of ether oxygens (including phenoxy) is 2. The third kappa shape index (κ3) is 4.22. The van der Waals surface area contributed by atoms with Gasteiger partial charge < -0.3 is 14.8 Å². The summed E-state index contributed by atoms with van der Waals surface area (Å²) in [4.78, 5) is 0. The van der Waals surface area contributed by atoms with Gasteiger partial charge in [0.05, 0.1) is 6.10 Å². The van der Waals surface area contributed by atoms with Crippen LogP contribution in [0.1, 0.15) is 30.9 Å². The van der Waals surface area contributed by atoms with Crippen molar-refractivity contribution in [2.45, 2.75) is 45.8 Å². The molecular weight excluding hydrogens is 238 g/mol. The lowest BCUT2D eigenvalue weighted by molar-refractivity contribution is 0.106. The topological polar surface area (TPSA) is 30.5 Å². The molecule has 2 atom stereocenters. The number of benzene rings is 1. The molecule has 1 aliphatic heterocycles. The van der Waals surface area contributed by atoms with E-state index in [0.29, 0.717) is 6.10 Å². The van der Waals surface area contributed by atoms with Crippen molar-refractivity contribution in [2.75, 3.05) is 19.7 Å². The molecular formula is C16H25NO2. The molecule has 3 heteroatoms. The Bertz CT molecular complexity index is 400. The van der Waals surface area contributed by atoms with Crippen molar-refractivity contribution < 1.29 is 9.47 Å². The smallest absolute Gasteiger partial charge is 0.122 e. The number of aryl methyl sites for hydroxylation is 1. The van der Waals surface area contributed by atoms with Gasteiger partial charge in [0.2, 0.25) is 0 Å². The third-order valence-corrected chi connectivity index (χ3v) is 3.71. The second kappa shape index (κ2) is 6.92. The standard InChI is InChI=1S/C16H25NO2/c1-12-6-4-8-16(14(12)3)19-13(2)10-17-11-15-7-5-9-18-15/h4,6,8,13,15,17H,5,7,9-11H2,1-3H3. The summed E-state index contributed by atoms with van der Waals surface area (Å²) in [5.41, 5.74) is 2.51. The molecule has 0 aliphatic carbocycles. The molecule has 2 rings (SSSR count). The monoisotopic (exact) mass is 263 g/mol. The summed E-state index contributed by atoms with van der Waals surface area (Å²) in [7, 11) is 0. The van der Waals surface area contributed by atoms with Gasteiger partial charge in [0.15, 0.2) is 0 Å². The first kappa shape index (κ1) is 14.4. The van der Waals surface area contributed by atoms with Gasteiger partial charge in [0, 0.05) is 19.7 Å². The minimum absolute atomic E-state index is 0.168. The molecule has 1 aliphatic rings. The number of hydrogen-bond donors (Lipinski definition) is 1. The van der Waals surface area contributed by atoms with Gasteiger partial charge in [-0.1, -0.05) is 12.1 Å². The van der Waals surface area contributed by atoms with E-state index in [9.17, 15) is 0 Å². The highest BCUT2D eigenvalue weighted by molar-refractivity contribution is 5.38. The van der Waals surface area contributed by atoms with Crippen molar-refractivity contribution in [2.24, 2.45) is 0 Å². The van der Waals surface area contributed by atoms with Crippen LogP contribution in [0.2, 0.25) is 0 Å². The maximum absolute atomic E-state index is 5.99. The fourth-order valence-corrected chi connectivity index (χ4v) is 2.36. The zero-order valence-electron chi connectivity index (χ0n) is 12.2. The highest BCUT2D eigenvalue weighted by Crippen LogP contribution is 2.21. The molecule has 3 nitrogen and oxygen atoms in total. The molecule has 0 aromatic heterocycles. The van der Waals surface area contributed by atoms with Crippen molar-refractivity contribution in [1.29, 1.82) is 0 Å². The van der Waals surface area contributed by atoms with E-state index in [1.165, 1.54) is 24.0 Å². The zero-order valence-corrected chi connectivity index (χ0v) is 12.2. The minimum Gasteiger partial charge on any atom is -0.489 e. The van der Waals surface area contributed by atoms with E-state index in [-0.39, 0.29) is 6.10 Å². The summed E-state index contributed by atoms with van der Waals surface area (Å²) in [6, 6.07) is 6.20. The molecule has 19 heavy (non-hydrogen) atoms. The Kier molecular flexibility index (Phi) is 5.23. The van der Waals surface area contributed by atoms with E-state index in [4.69, 9.17) is 9.47 Å². The normalized spacial score (nSPS) is 20.5. The molecule has 1 aromatic carbocycles. The molecule has 0 saturated carbocycles. The Morgan fingerprint density at radius 3 is 3.00 bits per heavy atom. The lowest BCUT2D eigenvalue weighted by atomic mass is 10.1. The summed E-state index contributed by atoms with van der Waals surface area (Å²) in [6.07, 6.45) is 2.94. The van der Waals surface area contributed by atoms with Crippen molar-refractivity contribution in [3.05, 3.63) is 29.3 Å². The molecule has 0 amide bonds. The predicted molar refractivity (Wildman–Crippen MR) is 77.8 cm³/mol. The number of nitrogens with one attached hydrogen (secondary N) is 1. The van der Waals surface area contributed by atoms with E-state index in [0.717, 1.165) is 25.4 Å². The van der Waals surface area contributed by atoms with Gasteiger partial charge in [-0.25, -0.2) is 0 Å². The second-order valence-corrected chi connectivity index (χ2v) is 5.42. The first-order chi connectivity index (χ1) is 9.16. The van der Waals surface area contributed by atoms with Crippen LogP contribution in [0.5, 0.6) is 5.75 Å². The molecule has 1 saturated heterocycles. The Labute approximate surface area is 116 Å². The van der Waals surface area contributed by atoms with Gasteiger partial charge in [0.1, 0.15) is 11.9 Å². The molecule has 2 unspecified atom stereocenters. The van der Waals surface area contributed by atoms with Crippen molar-refractivity contribution in [3.63, 3.8) is 0 Å². The molecule has 1 aromatic rings. The van der Waals surface area contributed by atoms with Gasteiger partial charge >= 0.3 is 0 Å². The Balaban J connectivity index is 1.74. The lowest BCUT2D eigenvalue weighted by Gasteiger charge is -2.19. The van der Waals surface area contributed by atoms with Gasteiger partial charge in [-0.2, -0.15) is 0 Å². The molecule has 0 bridgehead atoms. The summed E-state index contributed by atoms with van der Waals surface area (Å²) in [5.74, 6) is 0.992. The van der Waals surface area contributed by atoms with E-state index >= 15 is 0 Å². The van der Waals surface area contributed by atoms with E-state index in [1.807, 2.05) is 12.1 Å². The molecule has 0 spiro atoms. The number of hydrogen-bond acceptors (Lipinski definition) is 3. The van der Waals surface area contributed by atoms with Gasteiger partial charge in [-0.05, 0) is 50.8 Å². The number of rotatable bonds is 6. The molecule has 0 radical (unpaired) electrons. The Morgan fingerprint density at radius 1 is 1.42 bits per heavy atom. The van der Waals surface area contributed by atoms with Crippen molar-refractivity contribution >= 4 is 0 Å². The van der Waals surface area contributed by atoms with Crippen LogP contribution >= 0.6 is 0 Å². The minimum atomic E-state index is 0.168. The first-order valence-corrected chi connectivity index (χ1v) is 7.22. The van der Waals surface area contributed by atoms with Crippen LogP contribution in [0.3, 0.4) is 0 Å². The fraction of sp³-hybridized carbons (Fsp3) is 0.625. The maximum atomic E-state index is 5.99. The van der Waals surface area contributed by atoms with Gasteiger partial charge in [-0.3, -0.25) is 0 Å². The van der Waals surface area contributed by atoms with E-state index < -0.39 is 0 Å². The van der Waals surface area contributed by atoms with Crippen LogP contribution in [-0.4, -0.2) is 31.9 Å². The SMILES string of the molecule is Cc1cccc(OC(C)CNCC2CCCO2)c1C. The van der Waals surface area contributed by atoms with Crippen LogP contribution in [0.25, 0.3) is 0 Å². The fourth-order valence-electron chi connectivity index (χ4n) is 2.36. The molecule has 106 valence electrons. The first-order valence-electron chi connectivity index (χ1n) is 7.22. The van der Waals surface area contributed by atoms with Crippen LogP contribution in [-0.2, 0) is 4.74 Å². The molecule has 1 fully saturated rings. The molecule has 1 N–H and O–H groups in total. The molecule has 1 heterocycles. The van der Waals surface area contributed by atoms with Crippen LogP contribution < -0.4 is 10.1 Å². The second-order valence-electron chi connectivity index (χ2n) is 5.42. The summed E-state index contributed by atoms with van der Waals surface area (Å²) in [5, 5.41) is 3.43. The van der Waals surface area contributed by atoms with Gasteiger partial charge in [0.25, 0.3) is 0 Å². The highest BCUT2D eigenvalue weighted by atomic mass is 16.5. The summed E-state index contributed by atoms with van der Waals surface area (Å²) in [6.45, 7) is 9.03. The van der Waals surface area contributed by atoms with Crippen molar-refractivity contribution in [3.8, 4) is 5.75 Å². The van der Waals surface area contributed by atoms with Crippen LogP contribution in [0, 0.1) is 13.8 Å². The average Bonchev–Trinajstić information content (AvgIpc) is 2.88. The Hall–Kier alpha value is -1.06. The van der Waals surface area contributed by atoms with Gasteiger partial charge in [-0.15, -0.1) is 0 Å². The van der Waals surface area contributed by atoms with Crippen LogP contribution in [0.15, 0.2) is 18.2 Å². The van der Waals surface area contributed by atoms with E-state index in [1.54, 1.807) is 0 Å². The maximum Gasteiger partial charge on any atom is 0.122 e.